The zero-order valence-electron chi connectivity index (χ0n) is 13.7. The van der Waals surface area contributed by atoms with Crippen molar-refractivity contribution in [2.45, 2.75) is 59.7 Å². The Hall–Kier alpha value is -1.61. The molecule has 1 aromatic heterocycles. The predicted octanol–water partition coefficient (Wildman–Crippen LogP) is 3.69. The first kappa shape index (κ1) is 15.8. The first-order valence-electron chi connectivity index (χ1n) is 7.93. The molecule has 0 radical (unpaired) electrons. The van der Waals surface area contributed by atoms with Crippen LogP contribution in [0.25, 0.3) is 0 Å². The van der Waals surface area contributed by atoms with E-state index < -0.39 is 0 Å². The molecule has 0 saturated heterocycles. The van der Waals surface area contributed by atoms with E-state index in [0.717, 1.165) is 25.9 Å². The van der Waals surface area contributed by atoms with Crippen LogP contribution in [-0.2, 0) is 19.5 Å². The van der Waals surface area contributed by atoms with Crippen molar-refractivity contribution in [3.05, 3.63) is 52.8 Å². The third-order valence-corrected chi connectivity index (χ3v) is 3.80. The molecule has 1 heterocycles. The van der Waals surface area contributed by atoms with Crippen LogP contribution in [-0.4, -0.2) is 15.8 Å². The van der Waals surface area contributed by atoms with Gasteiger partial charge in [-0.3, -0.25) is 4.68 Å². The largest absolute Gasteiger partial charge is 0.310 e. The van der Waals surface area contributed by atoms with E-state index in [1.54, 1.807) is 0 Å². The maximum absolute atomic E-state index is 4.63. The lowest BCUT2D eigenvalue weighted by Gasteiger charge is -2.12. The Morgan fingerprint density at radius 1 is 1.19 bits per heavy atom. The second-order valence-electron chi connectivity index (χ2n) is 5.99. The number of aromatic nitrogens is 2. The van der Waals surface area contributed by atoms with Crippen molar-refractivity contribution in [2.75, 3.05) is 0 Å². The van der Waals surface area contributed by atoms with Crippen LogP contribution in [0.15, 0.2) is 30.5 Å². The van der Waals surface area contributed by atoms with Crippen LogP contribution in [0.5, 0.6) is 0 Å². The summed E-state index contributed by atoms with van der Waals surface area (Å²) in [6, 6.07) is 9.05. The van der Waals surface area contributed by atoms with Crippen LogP contribution in [0.2, 0.25) is 0 Å². The number of benzene rings is 1. The van der Waals surface area contributed by atoms with E-state index in [2.05, 4.69) is 67.1 Å². The zero-order valence-corrected chi connectivity index (χ0v) is 13.7. The molecule has 0 aliphatic heterocycles. The van der Waals surface area contributed by atoms with Crippen molar-refractivity contribution in [3.8, 4) is 0 Å². The Morgan fingerprint density at radius 3 is 2.62 bits per heavy atom. The number of hydrogen-bond donors (Lipinski definition) is 1. The topological polar surface area (TPSA) is 29.9 Å². The van der Waals surface area contributed by atoms with E-state index in [1.807, 2.05) is 6.20 Å². The minimum Gasteiger partial charge on any atom is -0.310 e. The van der Waals surface area contributed by atoms with Gasteiger partial charge in [-0.15, -0.1) is 0 Å². The zero-order chi connectivity index (χ0) is 15.2. The fourth-order valence-corrected chi connectivity index (χ4v) is 2.52. The minimum atomic E-state index is 0.499. The molecule has 0 unspecified atom stereocenters. The molecule has 3 heteroatoms. The Bertz CT molecular complexity index is 570. The van der Waals surface area contributed by atoms with Gasteiger partial charge in [-0.2, -0.15) is 5.10 Å². The van der Waals surface area contributed by atoms with Crippen molar-refractivity contribution in [2.24, 2.45) is 0 Å². The van der Waals surface area contributed by atoms with E-state index in [4.69, 9.17) is 0 Å². The van der Waals surface area contributed by atoms with Gasteiger partial charge in [-0.1, -0.05) is 51.5 Å². The van der Waals surface area contributed by atoms with Gasteiger partial charge in [0.25, 0.3) is 0 Å². The van der Waals surface area contributed by atoms with Crippen LogP contribution >= 0.6 is 0 Å². The average molecular weight is 285 g/mol. The predicted molar refractivity (Wildman–Crippen MR) is 88.5 cm³/mol. The van der Waals surface area contributed by atoms with Gasteiger partial charge < -0.3 is 5.32 Å². The van der Waals surface area contributed by atoms with Crippen molar-refractivity contribution >= 4 is 0 Å². The van der Waals surface area contributed by atoms with Crippen molar-refractivity contribution in [3.63, 3.8) is 0 Å². The Kier molecular flexibility index (Phi) is 5.57. The summed E-state index contributed by atoms with van der Waals surface area (Å²) >= 11 is 0. The first-order chi connectivity index (χ1) is 10.1. The summed E-state index contributed by atoms with van der Waals surface area (Å²) < 4.78 is 2.17. The summed E-state index contributed by atoms with van der Waals surface area (Å²) in [4.78, 5) is 0. The van der Waals surface area contributed by atoms with Gasteiger partial charge in [-0.25, -0.2) is 0 Å². The van der Waals surface area contributed by atoms with Gasteiger partial charge in [0.2, 0.25) is 0 Å². The fraction of sp³-hybridized carbons (Fsp3) is 0.500. The van der Waals surface area contributed by atoms with Gasteiger partial charge in [0, 0.05) is 23.8 Å². The Morgan fingerprint density at radius 2 is 1.95 bits per heavy atom. The molecule has 0 atom stereocenters. The highest BCUT2D eigenvalue weighted by molar-refractivity contribution is 5.27. The SMILES string of the molecule is CCCc1c(CNC(C)C)cnn1Cc1ccccc1C. The Balaban J connectivity index is 2.21. The van der Waals surface area contributed by atoms with E-state index in [1.165, 1.54) is 22.4 Å². The molecular weight excluding hydrogens is 258 g/mol. The summed E-state index contributed by atoms with van der Waals surface area (Å²) in [6.45, 7) is 10.5. The lowest BCUT2D eigenvalue weighted by Crippen LogP contribution is -2.22. The lowest BCUT2D eigenvalue weighted by molar-refractivity contribution is 0.580. The van der Waals surface area contributed by atoms with Crippen molar-refractivity contribution in [1.82, 2.24) is 15.1 Å². The summed E-state index contributed by atoms with van der Waals surface area (Å²) in [5.74, 6) is 0. The molecule has 114 valence electrons. The third kappa shape index (κ3) is 4.18. The molecule has 0 aliphatic rings. The van der Waals surface area contributed by atoms with E-state index in [-0.39, 0.29) is 0 Å². The van der Waals surface area contributed by atoms with Crippen molar-refractivity contribution in [1.29, 1.82) is 0 Å². The molecule has 2 aromatic rings. The fourth-order valence-electron chi connectivity index (χ4n) is 2.52. The van der Waals surface area contributed by atoms with Gasteiger partial charge in [0.15, 0.2) is 0 Å². The highest BCUT2D eigenvalue weighted by Crippen LogP contribution is 2.15. The smallest absolute Gasteiger partial charge is 0.0665 e. The second-order valence-corrected chi connectivity index (χ2v) is 5.99. The third-order valence-electron chi connectivity index (χ3n) is 3.80. The number of hydrogen-bond acceptors (Lipinski definition) is 2. The molecule has 0 bridgehead atoms. The van der Waals surface area contributed by atoms with Crippen LogP contribution in [0.1, 0.15) is 49.6 Å². The number of rotatable bonds is 7. The number of aryl methyl sites for hydroxylation is 1. The molecule has 0 fully saturated rings. The molecule has 2 rings (SSSR count). The standard InChI is InChI=1S/C18H27N3/c1-5-8-18-17(11-19-14(2)3)12-20-21(18)13-16-10-7-6-9-15(16)4/h6-7,9-10,12,14,19H,5,8,11,13H2,1-4H3. The maximum atomic E-state index is 4.63. The summed E-state index contributed by atoms with van der Waals surface area (Å²) in [7, 11) is 0. The normalized spacial score (nSPS) is 11.3. The summed E-state index contributed by atoms with van der Waals surface area (Å²) in [5.41, 5.74) is 5.38. The molecule has 1 N–H and O–H groups in total. The van der Waals surface area contributed by atoms with Crippen LogP contribution < -0.4 is 5.32 Å². The summed E-state index contributed by atoms with van der Waals surface area (Å²) in [6.07, 6.45) is 4.26. The molecule has 21 heavy (non-hydrogen) atoms. The van der Waals surface area contributed by atoms with Gasteiger partial charge in [-0.05, 0) is 24.5 Å². The minimum absolute atomic E-state index is 0.499. The van der Waals surface area contributed by atoms with Gasteiger partial charge >= 0.3 is 0 Å². The monoisotopic (exact) mass is 285 g/mol. The highest BCUT2D eigenvalue weighted by Gasteiger charge is 2.11. The van der Waals surface area contributed by atoms with Crippen LogP contribution in [0.4, 0.5) is 0 Å². The van der Waals surface area contributed by atoms with Crippen molar-refractivity contribution < 1.29 is 0 Å². The number of nitrogens with zero attached hydrogens (tertiary/aromatic N) is 2. The maximum Gasteiger partial charge on any atom is 0.0665 e. The van der Waals surface area contributed by atoms with E-state index in [9.17, 15) is 0 Å². The second kappa shape index (κ2) is 7.41. The molecule has 3 nitrogen and oxygen atoms in total. The molecule has 0 spiro atoms. The Labute approximate surface area is 128 Å². The van der Waals surface area contributed by atoms with E-state index >= 15 is 0 Å². The highest BCUT2D eigenvalue weighted by atomic mass is 15.3. The molecule has 0 amide bonds. The molecule has 0 saturated carbocycles. The quantitative estimate of drug-likeness (QED) is 0.841. The lowest BCUT2D eigenvalue weighted by atomic mass is 10.1. The van der Waals surface area contributed by atoms with E-state index in [0.29, 0.717) is 6.04 Å². The number of nitrogens with one attached hydrogen (secondary N) is 1. The average Bonchev–Trinajstić information content (AvgIpc) is 2.82. The molecular formula is C18H27N3. The molecule has 0 aliphatic carbocycles. The first-order valence-corrected chi connectivity index (χ1v) is 7.93. The van der Waals surface area contributed by atoms with Crippen LogP contribution in [0.3, 0.4) is 0 Å². The van der Waals surface area contributed by atoms with Gasteiger partial charge in [0.1, 0.15) is 0 Å². The van der Waals surface area contributed by atoms with Crippen LogP contribution in [0, 0.1) is 6.92 Å². The molecule has 1 aromatic carbocycles. The summed E-state index contributed by atoms with van der Waals surface area (Å²) in [5, 5.41) is 8.12. The van der Waals surface area contributed by atoms with Gasteiger partial charge in [0.05, 0.1) is 12.7 Å².